The van der Waals surface area contributed by atoms with Crippen LogP contribution >= 0.6 is 0 Å². The zero-order valence-corrected chi connectivity index (χ0v) is 18.9. The smallest absolute Gasteiger partial charge is 0.318 e. The van der Waals surface area contributed by atoms with Gasteiger partial charge < -0.3 is 20.1 Å². The second-order valence-electron chi connectivity index (χ2n) is 8.78. The Kier molecular flexibility index (Phi) is 4.93. The molecule has 1 saturated heterocycles. The van der Waals surface area contributed by atoms with Gasteiger partial charge >= 0.3 is 6.01 Å². The minimum Gasteiger partial charge on any atom is -0.467 e. The minimum absolute atomic E-state index is 0.0177. The number of aromatic nitrogens is 3. The maximum atomic E-state index is 16.2. The van der Waals surface area contributed by atoms with Crippen LogP contribution in [0.4, 0.5) is 20.3 Å². The Balaban J connectivity index is 1.61. The number of methoxy groups -OCH3 is 1. The van der Waals surface area contributed by atoms with Crippen molar-refractivity contribution in [3.63, 3.8) is 0 Å². The van der Waals surface area contributed by atoms with Crippen LogP contribution in [-0.4, -0.2) is 47.9 Å². The number of hydrogen-bond acceptors (Lipinski definition) is 7. The Morgan fingerprint density at radius 1 is 1.26 bits per heavy atom. The van der Waals surface area contributed by atoms with Crippen LogP contribution in [-0.2, 0) is 4.74 Å². The number of nitrogens with two attached hydrogens (primary N) is 1. The van der Waals surface area contributed by atoms with E-state index in [0.717, 1.165) is 6.42 Å². The third kappa shape index (κ3) is 3.41. The molecule has 0 radical (unpaired) electrons. The van der Waals surface area contributed by atoms with E-state index in [-0.39, 0.29) is 34.4 Å². The Hall–Kier alpha value is -4.03. The molecule has 176 valence electrons. The molecule has 0 spiro atoms. The highest BCUT2D eigenvalue weighted by molar-refractivity contribution is 6.03. The molecule has 2 aliphatic rings. The van der Waals surface area contributed by atoms with Crippen LogP contribution < -0.4 is 15.4 Å². The number of fused-ring (bicyclic) bond motifs is 3. The summed E-state index contributed by atoms with van der Waals surface area (Å²) in [5, 5.41) is 1.40. The molecule has 4 aromatic rings. The molecule has 0 amide bonds. The lowest BCUT2D eigenvalue weighted by Crippen LogP contribution is -2.30. The Bertz CT molecular complexity index is 1550. The van der Waals surface area contributed by atoms with Gasteiger partial charge in [-0.1, -0.05) is 12.0 Å². The molecule has 2 atom stereocenters. The monoisotopic (exact) mass is 473 g/mol. The maximum absolute atomic E-state index is 16.2. The van der Waals surface area contributed by atoms with Gasteiger partial charge in [0.25, 0.3) is 0 Å². The van der Waals surface area contributed by atoms with E-state index in [1.165, 1.54) is 19.4 Å². The fourth-order valence-electron chi connectivity index (χ4n) is 4.93. The first-order chi connectivity index (χ1) is 17.0. The van der Waals surface area contributed by atoms with Gasteiger partial charge in [-0.05, 0) is 30.0 Å². The van der Waals surface area contributed by atoms with Crippen LogP contribution in [0.25, 0.3) is 32.9 Å². The number of pyridine rings is 1. The second-order valence-corrected chi connectivity index (χ2v) is 8.78. The van der Waals surface area contributed by atoms with Crippen molar-refractivity contribution in [1.29, 1.82) is 0 Å². The molecule has 9 heteroatoms. The van der Waals surface area contributed by atoms with Gasteiger partial charge in [-0.3, -0.25) is 4.98 Å². The molecule has 2 aromatic heterocycles. The van der Waals surface area contributed by atoms with Crippen LogP contribution in [0.3, 0.4) is 0 Å². The standard InChI is InChI=1S/C26H21F2N5O2/c1-3-16-19(27)5-4-13-8-15(29)10-17(21(13)16)23-22(28)24-18(11-30-23)25(32-26(31-24)34-2)33-6-7-35-12-14-9-20(14)33/h1,4-5,8,10-11,14,20H,6-7,9,12,29H2,2H3. The summed E-state index contributed by atoms with van der Waals surface area (Å²) in [4.78, 5) is 15.4. The van der Waals surface area contributed by atoms with Crippen molar-refractivity contribution in [3.05, 3.63) is 47.7 Å². The van der Waals surface area contributed by atoms with Crippen LogP contribution in [0.2, 0.25) is 0 Å². The van der Waals surface area contributed by atoms with Gasteiger partial charge in [0.15, 0.2) is 5.82 Å². The molecular formula is C26H21F2N5O2. The van der Waals surface area contributed by atoms with Crippen LogP contribution in [0.1, 0.15) is 12.0 Å². The number of nitrogens with zero attached hydrogens (tertiary/aromatic N) is 4. The zero-order valence-electron chi connectivity index (χ0n) is 18.9. The number of halogens is 2. The lowest BCUT2D eigenvalue weighted by molar-refractivity contribution is 0.139. The van der Waals surface area contributed by atoms with Crippen molar-refractivity contribution < 1.29 is 18.3 Å². The molecule has 1 aliphatic heterocycles. The van der Waals surface area contributed by atoms with Gasteiger partial charge in [-0.15, -0.1) is 6.42 Å². The topological polar surface area (TPSA) is 86.4 Å². The van der Waals surface area contributed by atoms with E-state index >= 15 is 4.39 Å². The minimum atomic E-state index is -0.693. The lowest BCUT2D eigenvalue weighted by atomic mass is 9.95. The molecule has 7 nitrogen and oxygen atoms in total. The number of hydrogen-bond donors (Lipinski definition) is 1. The summed E-state index contributed by atoms with van der Waals surface area (Å²) in [6, 6.07) is 6.34. The number of terminal acetylenes is 1. The second kappa shape index (κ2) is 8.03. The average molecular weight is 473 g/mol. The van der Waals surface area contributed by atoms with Gasteiger partial charge in [-0.2, -0.15) is 9.97 Å². The zero-order chi connectivity index (χ0) is 24.3. The van der Waals surface area contributed by atoms with Crippen molar-refractivity contribution in [2.45, 2.75) is 12.5 Å². The van der Waals surface area contributed by atoms with Crippen LogP contribution in [0.5, 0.6) is 6.01 Å². The fraction of sp³-hybridized carbons (Fsp3) is 0.269. The number of nitrogen functional groups attached to an aromatic ring is 1. The Morgan fingerprint density at radius 2 is 2.11 bits per heavy atom. The largest absolute Gasteiger partial charge is 0.467 e. The Labute approximate surface area is 199 Å². The molecule has 1 aliphatic carbocycles. The van der Waals surface area contributed by atoms with E-state index in [4.69, 9.17) is 21.6 Å². The summed E-state index contributed by atoms with van der Waals surface area (Å²) in [5.41, 5.74) is 6.79. The molecule has 35 heavy (non-hydrogen) atoms. The molecule has 2 unspecified atom stereocenters. The van der Waals surface area contributed by atoms with Gasteiger partial charge in [0.1, 0.15) is 22.8 Å². The van der Waals surface area contributed by atoms with Gasteiger partial charge in [0.05, 0.1) is 31.3 Å². The summed E-state index contributed by atoms with van der Waals surface area (Å²) >= 11 is 0. The van der Waals surface area contributed by atoms with Gasteiger partial charge in [-0.25, -0.2) is 8.78 Å². The van der Waals surface area contributed by atoms with Crippen molar-refractivity contribution in [3.8, 4) is 29.6 Å². The van der Waals surface area contributed by atoms with Crippen LogP contribution in [0, 0.1) is 29.9 Å². The first-order valence-electron chi connectivity index (χ1n) is 11.2. The quantitative estimate of drug-likeness (QED) is 0.357. The highest BCUT2D eigenvalue weighted by Crippen LogP contribution is 2.43. The summed E-state index contributed by atoms with van der Waals surface area (Å²) in [6.07, 6.45) is 8.13. The summed E-state index contributed by atoms with van der Waals surface area (Å²) in [6.45, 7) is 1.86. The SMILES string of the molecule is C#Cc1c(F)ccc2cc(N)cc(-c3ncc4c(N5CCOCC6CC65)nc(OC)nc4c3F)c12. The average Bonchev–Trinajstić information content (AvgIpc) is 3.64. The highest BCUT2D eigenvalue weighted by atomic mass is 19.1. The van der Waals surface area contributed by atoms with E-state index in [2.05, 4.69) is 25.8 Å². The molecule has 2 N–H and O–H groups in total. The first-order valence-corrected chi connectivity index (χ1v) is 11.2. The van der Waals surface area contributed by atoms with Crippen molar-refractivity contribution in [1.82, 2.24) is 15.0 Å². The third-order valence-corrected chi connectivity index (χ3v) is 6.68. The van der Waals surface area contributed by atoms with E-state index in [1.54, 1.807) is 18.2 Å². The van der Waals surface area contributed by atoms with Crippen molar-refractivity contribution in [2.24, 2.45) is 5.92 Å². The predicted molar refractivity (Wildman–Crippen MR) is 129 cm³/mol. The van der Waals surface area contributed by atoms with E-state index < -0.39 is 11.6 Å². The number of anilines is 2. The molecule has 6 rings (SSSR count). The van der Waals surface area contributed by atoms with E-state index in [9.17, 15) is 4.39 Å². The lowest BCUT2D eigenvalue weighted by Gasteiger charge is -2.24. The first kappa shape index (κ1) is 21.5. The number of benzene rings is 2. The van der Waals surface area contributed by atoms with E-state index in [1.807, 2.05) is 0 Å². The molecule has 0 bridgehead atoms. The molecule has 2 aromatic carbocycles. The summed E-state index contributed by atoms with van der Waals surface area (Å²) < 4.78 is 41.7. The third-order valence-electron chi connectivity index (χ3n) is 6.68. The Morgan fingerprint density at radius 3 is 2.91 bits per heavy atom. The van der Waals surface area contributed by atoms with E-state index in [0.29, 0.717) is 53.3 Å². The van der Waals surface area contributed by atoms with Crippen molar-refractivity contribution >= 4 is 33.2 Å². The summed E-state index contributed by atoms with van der Waals surface area (Å²) in [7, 11) is 1.43. The molecule has 3 heterocycles. The normalized spacial score (nSPS) is 19.3. The number of ether oxygens (including phenoxy) is 2. The maximum Gasteiger partial charge on any atom is 0.318 e. The molecule has 1 saturated carbocycles. The van der Waals surface area contributed by atoms with Crippen molar-refractivity contribution in [2.75, 3.05) is 37.5 Å². The molecule has 2 fully saturated rings. The van der Waals surface area contributed by atoms with Gasteiger partial charge in [0, 0.05) is 41.3 Å². The summed E-state index contributed by atoms with van der Waals surface area (Å²) in [5.74, 6) is 2.07. The fourth-order valence-corrected chi connectivity index (χ4v) is 4.93. The number of rotatable bonds is 3. The molecular weight excluding hydrogens is 452 g/mol. The highest BCUT2D eigenvalue weighted by Gasteiger charge is 2.44. The predicted octanol–water partition coefficient (Wildman–Crippen LogP) is 3.92. The van der Waals surface area contributed by atoms with Crippen LogP contribution in [0.15, 0.2) is 30.5 Å². The van der Waals surface area contributed by atoms with Gasteiger partial charge in [0.2, 0.25) is 0 Å².